The summed E-state index contributed by atoms with van der Waals surface area (Å²) in [4.78, 5) is 14.7. The minimum absolute atomic E-state index is 0.0671. The van der Waals surface area contributed by atoms with Gasteiger partial charge in [-0.1, -0.05) is 18.0 Å². The summed E-state index contributed by atoms with van der Waals surface area (Å²) in [5.74, 6) is -0.561. The van der Waals surface area contributed by atoms with Crippen LogP contribution < -0.4 is 5.32 Å². The second-order valence-corrected chi connectivity index (χ2v) is 5.90. The molecular formula is C14H19ClN2O3. The van der Waals surface area contributed by atoms with Crippen molar-refractivity contribution in [1.82, 2.24) is 10.3 Å². The van der Waals surface area contributed by atoms with Gasteiger partial charge < -0.3 is 19.8 Å². The van der Waals surface area contributed by atoms with E-state index in [1.165, 1.54) is 6.42 Å². The van der Waals surface area contributed by atoms with Crippen molar-refractivity contribution < 1.29 is 14.3 Å². The molecule has 0 bridgehead atoms. The van der Waals surface area contributed by atoms with Crippen LogP contribution in [0.15, 0.2) is 12.3 Å². The Morgan fingerprint density at radius 3 is 2.95 bits per heavy atom. The number of ether oxygens (including phenoxy) is 2. The Hall–Kier alpha value is -1.04. The molecule has 110 valence electrons. The van der Waals surface area contributed by atoms with Gasteiger partial charge in [-0.2, -0.15) is 0 Å². The van der Waals surface area contributed by atoms with Crippen molar-refractivity contribution in [2.45, 2.75) is 44.0 Å². The van der Waals surface area contributed by atoms with Gasteiger partial charge in [0.15, 0.2) is 5.79 Å². The minimum atomic E-state index is -0.386. The average molecular weight is 299 g/mol. The Balaban J connectivity index is 1.49. The topological polar surface area (TPSA) is 63.4 Å². The Morgan fingerprint density at radius 1 is 1.45 bits per heavy atom. The number of hydrogen-bond donors (Lipinski definition) is 2. The molecule has 1 aliphatic carbocycles. The maximum absolute atomic E-state index is 11.9. The molecule has 0 unspecified atom stereocenters. The molecule has 0 aromatic carbocycles. The van der Waals surface area contributed by atoms with Gasteiger partial charge in [-0.05, 0) is 18.9 Å². The van der Waals surface area contributed by atoms with Crippen LogP contribution in [0.1, 0.15) is 42.6 Å². The van der Waals surface area contributed by atoms with Crippen molar-refractivity contribution in [1.29, 1.82) is 0 Å². The van der Waals surface area contributed by atoms with Crippen LogP contribution in [0.25, 0.3) is 0 Å². The van der Waals surface area contributed by atoms with Crippen molar-refractivity contribution in [3.05, 3.63) is 23.0 Å². The van der Waals surface area contributed by atoms with E-state index in [4.69, 9.17) is 21.1 Å². The van der Waals surface area contributed by atoms with Crippen molar-refractivity contribution in [2.75, 3.05) is 13.2 Å². The summed E-state index contributed by atoms with van der Waals surface area (Å²) in [7, 11) is 0. The van der Waals surface area contributed by atoms with Crippen LogP contribution in [0.2, 0.25) is 5.02 Å². The summed E-state index contributed by atoms with van der Waals surface area (Å²) in [6.45, 7) is 1.00. The number of halogens is 1. The number of aromatic amines is 1. The van der Waals surface area contributed by atoms with Gasteiger partial charge in [0.1, 0.15) is 11.8 Å². The summed E-state index contributed by atoms with van der Waals surface area (Å²) in [5, 5.41) is 3.37. The van der Waals surface area contributed by atoms with E-state index in [0.29, 0.717) is 23.9 Å². The Morgan fingerprint density at radius 2 is 2.25 bits per heavy atom. The molecule has 1 saturated heterocycles. The summed E-state index contributed by atoms with van der Waals surface area (Å²) >= 11 is 5.77. The maximum Gasteiger partial charge on any atom is 0.267 e. The van der Waals surface area contributed by atoms with Crippen LogP contribution in [0, 0.1) is 0 Å². The summed E-state index contributed by atoms with van der Waals surface area (Å²) < 4.78 is 11.8. The molecule has 2 aliphatic rings. The molecule has 2 N–H and O–H groups in total. The predicted molar refractivity (Wildman–Crippen MR) is 74.8 cm³/mol. The first-order valence-electron chi connectivity index (χ1n) is 7.11. The number of hydrogen-bond acceptors (Lipinski definition) is 3. The van der Waals surface area contributed by atoms with Crippen molar-refractivity contribution in [3.8, 4) is 0 Å². The monoisotopic (exact) mass is 298 g/mol. The van der Waals surface area contributed by atoms with Gasteiger partial charge in [-0.3, -0.25) is 4.79 Å². The number of rotatable bonds is 3. The highest BCUT2D eigenvalue weighted by Gasteiger charge is 2.42. The van der Waals surface area contributed by atoms with Crippen molar-refractivity contribution in [3.63, 3.8) is 0 Å². The van der Waals surface area contributed by atoms with Crippen LogP contribution in [0.5, 0.6) is 0 Å². The molecule has 2 heterocycles. The highest BCUT2D eigenvalue weighted by atomic mass is 35.5. The van der Waals surface area contributed by atoms with Crippen LogP contribution in [0.4, 0.5) is 0 Å². The number of aromatic nitrogens is 1. The molecule has 20 heavy (non-hydrogen) atoms. The Bertz CT molecular complexity index is 483. The summed E-state index contributed by atoms with van der Waals surface area (Å²) in [5.41, 5.74) is 0.460. The maximum atomic E-state index is 11.9. The molecule has 6 heteroatoms. The number of nitrogens with one attached hydrogen (secondary N) is 2. The molecule has 1 atom stereocenters. The van der Waals surface area contributed by atoms with Gasteiger partial charge in [-0.15, -0.1) is 0 Å². The fourth-order valence-electron chi connectivity index (χ4n) is 2.87. The molecule has 1 spiro atoms. The number of carbonyl (C=O) groups is 1. The van der Waals surface area contributed by atoms with E-state index < -0.39 is 0 Å². The smallest absolute Gasteiger partial charge is 0.267 e. The first-order valence-corrected chi connectivity index (χ1v) is 7.49. The number of H-pyrrole nitrogens is 1. The molecule has 1 aromatic rings. The molecular weight excluding hydrogens is 280 g/mol. The normalized spacial score (nSPS) is 24.9. The van der Waals surface area contributed by atoms with E-state index in [1.54, 1.807) is 12.3 Å². The first kappa shape index (κ1) is 13.9. The van der Waals surface area contributed by atoms with Gasteiger partial charge in [0, 0.05) is 25.6 Å². The third-order valence-electron chi connectivity index (χ3n) is 3.91. The lowest BCUT2D eigenvalue weighted by atomic mass is 9.94. The second-order valence-electron chi connectivity index (χ2n) is 5.46. The molecule has 2 fully saturated rings. The van der Waals surface area contributed by atoms with Crippen molar-refractivity contribution in [2.24, 2.45) is 0 Å². The standard InChI is InChI=1S/C14H19ClN2O3/c15-10-6-12(16-7-10)13(18)17-8-11-9-19-14(20-11)4-2-1-3-5-14/h6-7,11,16H,1-5,8-9H2,(H,17,18)/t11-/m0/s1. The van der Waals surface area contributed by atoms with E-state index in [0.717, 1.165) is 25.7 Å². The van der Waals surface area contributed by atoms with Gasteiger partial charge in [0.2, 0.25) is 0 Å². The zero-order valence-corrected chi connectivity index (χ0v) is 12.0. The van der Waals surface area contributed by atoms with Gasteiger partial charge >= 0.3 is 0 Å². The third-order valence-corrected chi connectivity index (χ3v) is 4.13. The van der Waals surface area contributed by atoms with Crippen LogP contribution >= 0.6 is 11.6 Å². The molecule has 3 rings (SSSR count). The van der Waals surface area contributed by atoms with Gasteiger partial charge in [-0.25, -0.2) is 0 Å². The number of carbonyl (C=O) groups excluding carboxylic acids is 1. The highest BCUT2D eigenvalue weighted by Crippen LogP contribution is 2.37. The zero-order chi connectivity index (χ0) is 14.0. The van der Waals surface area contributed by atoms with Gasteiger partial charge in [0.05, 0.1) is 11.6 Å². The molecule has 1 saturated carbocycles. The molecule has 5 nitrogen and oxygen atoms in total. The summed E-state index contributed by atoms with van der Waals surface area (Å²) in [6.07, 6.45) is 7.00. The fourth-order valence-corrected chi connectivity index (χ4v) is 3.03. The average Bonchev–Trinajstić information content (AvgIpc) is 3.05. The molecule has 0 radical (unpaired) electrons. The predicted octanol–water partition coefficient (Wildman–Crippen LogP) is 2.47. The zero-order valence-electron chi connectivity index (χ0n) is 11.3. The van der Waals surface area contributed by atoms with E-state index in [9.17, 15) is 4.79 Å². The van der Waals surface area contributed by atoms with E-state index in [-0.39, 0.29) is 17.8 Å². The van der Waals surface area contributed by atoms with Gasteiger partial charge in [0.25, 0.3) is 5.91 Å². The highest BCUT2D eigenvalue weighted by molar-refractivity contribution is 6.30. The summed E-state index contributed by atoms with van der Waals surface area (Å²) in [6, 6.07) is 1.60. The SMILES string of the molecule is O=C(NC[C@H]1COC2(CCCCC2)O1)c1cc(Cl)c[nH]1. The number of amides is 1. The van der Waals surface area contributed by atoms with Crippen molar-refractivity contribution >= 4 is 17.5 Å². The quantitative estimate of drug-likeness (QED) is 0.901. The fraction of sp³-hybridized carbons (Fsp3) is 0.643. The Kier molecular flexibility index (Phi) is 4.01. The van der Waals surface area contributed by atoms with Crippen LogP contribution in [0.3, 0.4) is 0 Å². The lowest BCUT2D eigenvalue weighted by Crippen LogP contribution is -2.37. The van der Waals surface area contributed by atoms with E-state index >= 15 is 0 Å². The third kappa shape index (κ3) is 3.00. The Labute approximate surface area is 123 Å². The van der Waals surface area contributed by atoms with Crippen LogP contribution in [-0.4, -0.2) is 35.9 Å². The largest absolute Gasteiger partial charge is 0.356 e. The lowest BCUT2D eigenvalue weighted by molar-refractivity contribution is -0.186. The molecule has 1 aliphatic heterocycles. The van der Waals surface area contributed by atoms with Crippen LogP contribution in [-0.2, 0) is 9.47 Å². The van der Waals surface area contributed by atoms with E-state index in [1.807, 2.05) is 0 Å². The second kappa shape index (κ2) is 5.76. The first-order chi connectivity index (χ1) is 9.67. The lowest BCUT2D eigenvalue weighted by Gasteiger charge is -2.31. The molecule has 1 aromatic heterocycles. The molecule has 1 amide bonds. The van der Waals surface area contributed by atoms with E-state index in [2.05, 4.69) is 10.3 Å². The minimum Gasteiger partial charge on any atom is -0.356 e.